The summed E-state index contributed by atoms with van der Waals surface area (Å²) in [6, 6.07) is 10.0. The predicted octanol–water partition coefficient (Wildman–Crippen LogP) is 3.79. The lowest BCUT2D eigenvalue weighted by Gasteiger charge is -2.14. The van der Waals surface area contributed by atoms with Crippen molar-refractivity contribution >= 4 is 35.4 Å². The summed E-state index contributed by atoms with van der Waals surface area (Å²) in [5.74, 6) is -0.319. The van der Waals surface area contributed by atoms with E-state index < -0.39 is 11.7 Å². The SMILES string of the molecule is CNC(=O)Cc1ccc2nccc(Oc3cc(F)c(CC(=O)N/C(C=NC(C)(C)C)=C/N)cc3C)c2c1.O=CO. The zero-order valence-electron chi connectivity index (χ0n) is 23.1. The van der Waals surface area contributed by atoms with Gasteiger partial charge >= 0.3 is 0 Å². The molecule has 1 aromatic heterocycles. The van der Waals surface area contributed by atoms with Gasteiger partial charge < -0.3 is 26.2 Å². The second-order valence-corrected chi connectivity index (χ2v) is 9.70. The number of carbonyl (C=O) groups is 3. The van der Waals surface area contributed by atoms with E-state index in [-0.39, 0.29) is 36.3 Å². The van der Waals surface area contributed by atoms with Crippen molar-refractivity contribution in [2.24, 2.45) is 10.7 Å². The van der Waals surface area contributed by atoms with Crippen molar-refractivity contribution in [3.8, 4) is 11.5 Å². The number of hydrogen-bond donors (Lipinski definition) is 4. The third-order valence-electron chi connectivity index (χ3n) is 5.38. The van der Waals surface area contributed by atoms with Crippen LogP contribution in [-0.2, 0) is 27.2 Å². The Morgan fingerprint density at radius 3 is 2.45 bits per heavy atom. The van der Waals surface area contributed by atoms with E-state index in [1.54, 1.807) is 32.3 Å². The first-order valence-electron chi connectivity index (χ1n) is 12.3. The van der Waals surface area contributed by atoms with E-state index in [9.17, 15) is 14.0 Å². The van der Waals surface area contributed by atoms with Gasteiger partial charge in [0.1, 0.15) is 17.3 Å². The van der Waals surface area contributed by atoms with Crippen LogP contribution in [0.2, 0.25) is 0 Å². The normalized spacial score (nSPS) is 11.5. The molecule has 1 heterocycles. The molecule has 0 radical (unpaired) electrons. The van der Waals surface area contributed by atoms with Gasteiger partial charge in [-0.15, -0.1) is 0 Å². The van der Waals surface area contributed by atoms with Crippen LogP contribution in [0, 0.1) is 12.7 Å². The molecule has 0 fully saturated rings. The monoisotopic (exact) mass is 551 g/mol. The van der Waals surface area contributed by atoms with Crippen molar-refractivity contribution in [1.29, 1.82) is 0 Å². The fraction of sp³-hybridized carbons (Fsp3) is 0.276. The summed E-state index contributed by atoms with van der Waals surface area (Å²) in [5.41, 5.74) is 7.94. The van der Waals surface area contributed by atoms with E-state index in [0.29, 0.717) is 33.7 Å². The number of nitrogens with zero attached hydrogens (tertiary/aromatic N) is 2. The van der Waals surface area contributed by atoms with Gasteiger partial charge in [-0.1, -0.05) is 6.07 Å². The Morgan fingerprint density at radius 1 is 1.12 bits per heavy atom. The lowest BCUT2D eigenvalue weighted by Crippen LogP contribution is -2.27. The second-order valence-electron chi connectivity index (χ2n) is 9.70. The number of carboxylic acid groups (broad SMARTS) is 1. The van der Waals surface area contributed by atoms with E-state index in [1.165, 1.54) is 18.5 Å². The van der Waals surface area contributed by atoms with Crippen LogP contribution in [0.25, 0.3) is 10.9 Å². The molecule has 2 amide bonds. The van der Waals surface area contributed by atoms with Gasteiger partial charge in [-0.05, 0) is 68.7 Å². The van der Waals surface area contributed by atoms with Gasteiger partial charge in [0.15, 0.2) is 0 Å². The average Bonchev–Trinajstić information content (AvgIpc) is 2.89. The van der Waals surface area contributed by atoms with Crippen molar-refractivity contribution in [2.45, 2.75) is 46.1 Å². The molecule has 10 nitrogen and oxygen atoms in total. The zero-order valence-corrected chi connectivity index (χ0v) is 23.1. The number of ether oxygens (including phenoxy) is 1. The lowest BCUT2D eigenvalue weighted by molar-refractivity contribution is -0.123. The summed E-state index contributed by atoms with van der Waals surface area (Å²) < 4.78 is 21.1. The second kappa shape index (κ2) is 14.4. The fourth-order valence-corrected chi connectivity index (χ4v) is 3.49. The first kappa shape index (κ1) is 31.4. The molecule has 5 N–H and O–H groups in total. The van der Waals surface area contributed by atoms with E-state index in [0.717, 1.165) is 5.56 Å². The van der Waals surface area contributed by atoms with Gasteiger partial charge in [0, 0.05) is 37.1 Å². The van der Waals surface area contributed by atoms with E-state index >= 15 is 0 Å². The van der Waals surface area contributed by atoms with Crippen LogP contribution in [0.15, 0.2) is 59.5 Å². The minimum Gasteiger partial charge on any atom is -0.483 e. The Labute approximate surface area is 232 Å². The number of nitrogens with two attached hydrogens (primary N) is 1. The molecular weight excluding hydrogens is 517 g/mol. The molecular formula is C29H34FN5O5. The van der Waals surface area contributed by atoms with Gasteiger partial charge in [-0.25, -0.2) is 4.39 Å². The number of carbonyl (C=O) groups excluding carboxylic acids is 2. The summed E-state index contributed by atoms with van der Waals surface area (Å²) >= 11 is 0. The van der Waals surface area contributed by atoms with Crippen LogP contribution in [0.4, 0.5) is 4.39 Å². The van der Waals surface area contributed by atoms with Crippen LogP contribution in [0.1, 0.15) is 37.5 Å². The molecule has 3 aromatic rings. The summed E-state index contributed by atoms with van der Waals surface area (Å²) in [7, 11) is 1.58. The van der Waals surface area contributed by atoms with Gasteiger partial charge in [-0.3, -0.25) is 24.4 Å². The number of nitrogens with one attached hydrogen (secondary N) is 2. The molecule has 0 unspecified atom stereocenters. The highest BCUT2D eigenvalue weighted by Gasteiger charge is 2.15. The average molecular weight is 552 g/mol. The number of benzene rings is 2. The summed E-state index contributed by atoms with van der Waals surface area (Å²) in [6.45, 7) is 7.27. The maximum atomic E-state index is 15.0. The van der Waals surface area contributed by atoms with Gasteiger partial charge in [0.25, 0.3) is 6.47 Å². The molecule has 11 heteroatoms. The molecule has 0 saturated heterocycles. The number of halogens is 1. The number of rotatable bonds is 8. The minimum atomic E-state index is -0.573. The standard InChI is InChI=1S/C28H32FN5O3.CH2O2/c1-17-10-19(13-27(36)34-20(15-30)16-33-28(2,3)4)22(29)14-25(17)37-24-8-9-32-23-7-6-18(11-21(23)24)12-26(35)31-5;2-1-3/h6-11,14-16H,12-13,30H2,1-5H3,(H,31,35)(H,34,36);1H,(H,2,3)/b20-15+,33-16?;. The number of amides is 2. The van der Waals surface area contributed by atoms with E-state index in [1.807, 2.05) is 39.0 Å². The molecule has 0 aliphatic rings. The maximum Gasteiger partial charge on any atom is 0.290 e. The van der Waals surface area contributed by atoms with Crippen molar-refractivity contribution in [2.75, 3.05) is 7.05 Å². The Bertz CT molecular complexity index is 1430. The van der Waals surface area contributed by atoms with Gasteiger partial charge in [0.05, 0.1) is 29.6 Å². The molecule has 3 rings (SSSR count). The molecule has 0 aliphatic heterocycles. The smallest absolute Gasteiger partial charge is 0.290 e. The number of hydrogen-bond acceptors (Lipinski definition) is 7. The van der Waals surface area contributed by atoms with Crippen molar-refractivity contribution in [3.05, 3.63) is 77.0 Å². The number of fused-ring (bicyclic) bond motifs is 1. The highest BCUT2D eigenvalue weighted by molar-refractivity contribution is 5.89. The molecule has 212 valence electrons. The maximum absolute atomic E-state index is 15.0. The van der Waals surface area contributed by atoms with Crippen LogP contribution >= 0.6 is 0 Å². The van der Waals surface area contributed by atoms with Crippen molar-refractivity contribution in [1.82, 2.24) is 15.6 Å². The molecule has 0 bridgehead atoms. The Kier molecular flexibility index (Phi) is 11.3. The van der Waals surface area contributed by atoms with E-state index in [4.69, 9.17) is 20.4 Å². The Balaban J connectivity index is 0.00000178. The van der Waals surface area contributed by atoms with Crippen LogP contribution in [-0.4, -0.2) is 47.2 Å². The Morgan fingerprint density at radius 2 is 1.82 bits per heavy atom. The molecule has 0 atom stereocenters. The number of aliphatic imine (C=N–C) groups is 1. The van der Waals surface area contributed by atoms with Crippen molar-refractivity contribution in [3.63, 3.8) is 0 Å². The first-order valence-corrected chi connectivity index (χ1v) is 12.3. The molecule has 0 spiro atoms. The van der Waals surface area contributed by atoms with Crippen LogP contribution in [0.3, 0.4) is 0 Å². The number of likely N-dealkylation sites (N-methyl/N-ethyl adjacent to an activating group) is 1. The van der Waals surface area contributed by atoms with E-state index in [2.05, 4.69) is 20.6 Å². The molecule has 40 heavy (non-hydrogen) atoms. The highest BCUT2D eigenvalue weighted by Crippen LogP contribution is 2.32. The van der Waals surface area contributed by atoms with Crippen LogP contribution in [0.5, 0.6) is 11.5 Å². The fourth-order valence-electron chi connectivity index (χ4n) is 3.49. The first-order chi connectivity index (χ1) is 18.9. The number of aryl methyl sites for hydroxylation is 1. The number of allylic oxidation sites excluding steroid dienone is 1. The molecule has 0 aliphatic carbocycles. The molecule has 2 aromatic carbocycles. The topological polar surface area (TPSA) is 156 Å². The predicted molar refractivity (Wildman–Crippen MR) is 152 cm³/mol. The lowest BCUT2D eigenvalue weighted by atomic mass is 10.1. The largest absolute Gasteiger partial charge is 0.483 e. The number of pyridine rings is 1. The zero-order chi connectivity index (χ0) is 29.9. The minimum absolute atomic E-state index is 0.112. The van der Waals surface area contributed by atoms with Crippen molar-refractivity contribution < 1.29 is 28.6 Å². The van der Waals surface area contributed by atoms with Crippen LogP contribution < -0.4 is 21.1 Å². The third kappa shape index (κ3) is 9.50. The molecule has 0 saturated carbocycles. The van der Waals surface area contributed by atoms with Gasteiger partial charge in [0.2, 0.25) is 11.8 Å². The Hall–Kier alpha value is -4.80. The third-order valence-corrected chi connectivity index (χ3v) is 5.38. The summed E-state index contributed by atoms with van der Waals surface area (Å²) in [6.07, 6.45) is 4.36. The summed E-state index contributed by atoms with van der Waals surface area (Å²) in [4.78, 5) is 41.3. The summed E-state index contributed by atoms with van der Waals surface area (Å²) in [5, 5.41) is 12.8. The quantitative estimate of drug-likeness (QED) is 0.245. The number of aromatic nitrogens is 1. The van der Waals surface area contributed by atoms with Gasteiger partial charge in [-0.2, -0.15) is 0 Å². The highest BCUT2D eigenvalue weighted by atomic mass is 19.1.